The van der Waals surface area contributed by atoms with Gasteiger partial charge in [0.25, 0.3) is 11.6 Å². The third-order valence-electron chi connectivity index (χ3n) is 4.14. The first-order valence-electron chi connectivity index (χ1n) is 8.37. The first-order valence-corrected chi connectivity index (χ1v) is 9.17. The van der Waals surface area contributed by atoms with E-state index in [-0.39, 0.29) is 11.6 Å². The Morgan fingerprint density at radius 3 is 2.74 bits per heavy atom. The van der Waals surface area contributed by atoms with E-state index in [2.05, 4.69) is 36.7 Å². The molecule has 0 aromatic heterocycles. The minimum absolute atomic E-state index is 0.0198. The average Bonchev–Trinajstić information content (AvgIpc) is 2.68. The lowest BCUT2D eigenvalue weighted by molar-refractivity contribution is -0.384. The van der Waals surface area contributed by atoms with Crippen molar-refractivity contribution in [2.75, 3.05) is 31.1 Å². The predicted octanol–water partition coefficient (Wildman–Crippen LogP) is 2.53. The smallest absolute Gasteiger partial charge is 0.271 e. The average molecular weight is 432 g/mol. The molecule has 0 aliphatic carbocycles. The Kier molecular flexibility index (Phi) is 6.15. The molecule has 8 nitrogen and oxygen atoms in total. The van der Waals surface area contributed by atoms with Crippen molar-refractivity contribution in [2.24, 2.45) is 5.10 Å². The fourth-order valence-electron chi connectivity index (χ4n) is 2.81. The van der Waals surface area contributed by atoms with Crippen molar-refractivity contribution >= 4 is 39.4 Å². The first kappa shape index (κ1) is 19.0. The minimum Gasteiger partial charge on any atom is -0.368 e. The van der Waals surface area contributed by atoms with Crippen molar-refractivity contribution in [2.45, 2.75) is 0 Å². The van der Waals surface area contributed by atoms with Gasteiger partial charge >= 0.3 is 0 Å². The molecule has 2 aromatic rings. The van der Waals surface area contributed by atoms with E-state index in [0.717, 1.165) is 36.3 Å². The molecule has 1 amide bonds. The van der Waals surface area contributed by atoms with Gasteiger partial charge in [-0.05, 0) is 24.3 Å². The van der Waals surface area contributed by atoms with Crippen LogP contribution >= 0.6 is 15.9 Å². The number of non-ortho nitro benzene ring substituents is 1. The van der Waals surface area contributed by atoms with Crippen molar-refractivity contribution in [3.05, 3.63) is 68.2 Å². The number of amides is 1. The number of rotatable bonds is 5. The zero-order chi connectivity index (χ0) is 19.2. The SMILES string of the molecule is O=C(N/N=C/c1cc([N+](=O)[O-])ccc1N1CCNCC1)c1cccc(Br)c1. The third kappa shape index (κ3) is 4.89. The highest BCUT2D eigenvalue weighted by Gasteiger charge is 2.16. The number of nitro benzene ring substituents is 1. The zero-order valence-corrected chi connectivity index (χ0v) is 16.0. The molecule has 1 aliphatic heterocycles. The fraction of sp³-hybridized carbons (Fsp3) is 0.222. The molecule has 3 rings (SSSR count). The van der Waals surface area contributed by atoms with Crippen LogP contribution in [-0.4, -0.2) is 43.2 Å². The van der Waals surface area contributed by atoms with Crippen LogP contribution in [0.15, 0.2) is 52.0 Å². The van der Waals surface area contributed by atoms with Crippen molar-refractivity contribution in [3.63, 3.8) is 0 Å². The summed E-state index contributed by atoms with van der Waals surface area (Å²) in [5.74, 6) is -0.360. The summed E-state index contributed by atoms with van der Waals surface area (Å²) in [6, 6.07) is 11.6. The molecule has 0 atom stereocenters. The van der Waals surface area contributed by atoms with Crippen LogP contribution in [-0.2, 0) is 0 Å². The van der Waals surface area contributed by atoms with Crippen LogP contribution in [0.1, 0.15) is 15.9 Å². The zero-order valence-electron chi connectivity index (χ0n) is 14.4. The van der Waals surface area contributed by atoms with Crippen molar-refractivity contribution in [1.29, 1.82) is 0 Å². The van der Waals surface area contributed by atoms with E-state index in [4.69, 9.17) is 0 Å². The molecule has 2 aromatic carbocycles. The second-order valence-electron chi connectivity index (χ2n) is 5.95. The monoisotopic (exact) mass is 431 g/mol. The molecule has 140 valence electrons. The Hall–Kier alpha value is -2.78. The van der Waals surface area contributed by atoms with E-state index >= 15 is 0 Å². The third-order valence-corrected chi connectivity index (χ3v) is 4.63. The Morgan fingerprint density at radius 2 is 2.04 bits per heavy atom. The molecule has 1 saturated heterocycles. The number of hydrazone groups is 1. The molecular weight excluding hydrogens is 414 g/mol. The van der Waals surface area contributed by atoms with Crippen molar-refractivity contribution < 1.29 is 9.72 Å². The maximum atomic E-state index is 12.2. The van der Waals surface area contributed by atoms with Crippen molar-refractivity contribution in [1.82, 2.24) is 10.7 Å². The van der Waals surface area contributed by atoms with Crippen LogP contribution in [0.4, 0.5) is 11.4 Å². The number of carbonyl (C=O) groups excluding carboxylic acids is 1. The van der Waals surface area contributed by atoms with Crippen molar-refractivity contribution in [3.8, 4) is 0 Å². The highest BCUT2D eigenvalue weighted by molar-refractivity contribution is 9.10. The standard InChI is InChI=1S/C18H18BrN5O3/c19-15-3-1-2-13(10-15)18(25)22-21-12-14-11-16(24(26)27)4-5-17(14)23-8-6-20-7-9-23/h1-5,10-12,20H,6-9H2,(H,22,25)/b21-12+. The number of hydrogen-bond donors (Lipinski definition) is 2. The van der Waals surface area contributed by atoms with Gasteiger partial charge in [0.05, 0.1) is 11.1 Å². The molecule has 9 heteroatoms. The Labute approximate surface area is 164 Å². The van der Waals surface area contributed by atoms with Gasteiger partial charge in [-0.25, -0.2) is 5.43 Å². The number of carbonyl (C=O) groups is 1. The largest absolute Gasteiger partial charge is 0.368 e. The summed E-state index contributed by atoms with van der Waals surface area (Å²) in [5, 5.41) is 18.4. The van der Waals surface area contributed by atoms with Crippen LogP contribution in [0.25, 0.3) is 0 Å². The lowest BCUT2D eigenvalue weighted by Gasteiger charge is -2.30. The normalized spacial score (nSPS) is 14.3. The molecule has 1 fully saturated rings. The number of benzene rings is 2. The molecule has 1 heterocycles. The number of hydrogen-bond acceptors (Lipinski definition) is 6. The molecule has 0 saturated carbocycles. The minimum atomic E-state index is -0.445. The van der Waals surface area contributed by atoms with E-state index in [9.17, 15) is 14.9 Å². The number of nitrogens with zero attached hydrogens (tertiary/aromatic N) is 3. The van der Waals surface area contributed by atoms with Crippen LogP contribution in [0.2, 0.25) is 0 Å². The molecule has 0 spiro atoms. The van der Waals surface area contributed by atoms with Crippen LogP contribution in [0.3, 0.4) is 0 Å². The van der Waals surface area contributed by atoms with Gasteiger partial charge in [0.2, 0.25) is 0 Å². The van der Waals surface area contributed by atoms with Gasteiger partial charge < -0.3 is 10.2 Å². The molecule has 0 unspecified atom stereocenters. The summed E-state index contributed by atoms with van der Waals surface area (Å²) in [7, 11) is 0. The second-order valence-corrected chi connectivity index (χ2v) is 6.86. The fourth-order valence-corrected chi connectivity index (χ4v) is 3.21. The van der Waals surface area contributed by atoms with E-state index in [0.29, 0.717) is 11.1 Å². The molecule has 0 bridgehead atoms. The summed E-state index contributed by atoms with van der Waals surface area (Å²) < 4.78 is 0.791. The van der Waals surface area contributed by atoms with Gasteiger partial charge in [-0.15, -0.1) is 0 Å². The Bertz CT molecular complexity index is 881. The Balaban J connectivity index is 1.80. The molecule has 27 heavy (non-hydrogen) atoms. The molecular formula is C18H18BrN5O3. The van der Waals surface area contributed by atoms with E-state index in [1.54, 1.807) is 24.3 Å². The summed E-state index contributed by atoms with van der Waals surface area (Å²) >= 11 is 3.32. The quantitative estimate of drug-likeness (QED) is 0.430. The molecule has 2 N–H and O–H groups in total. The van der Waals surface area contributed by atoms with Gasteiger partial charge in [-0.3, -0.25) is 14.9 Å². The molecule has 1 aliphatic rings. The molecule has 0 radical (unpaired) electrons. The lowest BCUT2D eigenvalue weighted by Crippen LogP contribution is -2.43. The van der Waals surface area contributed by atoms with Crippen LogP contribution in [0, 0.1) is 10.1 Å². The van der Waals surface area contributed by atoms with E-state index < -0.39 is 4.92 Å². The number of halogens is 1. The highest BCUT2D eigenvalue weighted by Crippen LogP contribution is 2.24. The summed E-state index contributed by atoms with van der Waals surface area (Å²) in [5.41, 5.74) is 4.34. The topological polar surface area (TPSA) is 99.9 Å². The lowest BCUT2D eigenvalue weighted by atomic mass is 10.1. The van der Waals surface area contributed by atoms with E-state index in [1.165, 1.54) is 18.3 Å². The van der Waals surface area contributed by atoms with Crippen LogP contribution in [0.5, 0.6) is 0 Å². The maximum absolute atomic E-state index is 12.2. The number of nitrogens with one attached hydrogen (secondary N) is 2. The van der Waals surface area contributed by atoms with Gasteiger partial charge in [-0.2, -0.15) is 5.10 Å². The summed E-state index contributed by atoms with van der Waals surface area (Å²) in [6.07, 6.45) is 1.44. The van der Waals surface area contributed by atoms with Gasteiger partial charge in [0.1, 0.15) is 0 Å². The second kappa shape index (κ2) is 8.74. The van der Waals surface area contributed by atoms with Gasteiger partial charge in [-0.1, -0.05) is 22.0 Å². The number of anilines is 1. The summed E-state index contributed by atoms with van der Waals surface area (Å²) in [4.78, 5) is 25.0. The first-order chi connectivity index (χ1) is 13.0. The van der Waals surface area contributed by atoms with E-state index in [1.807, 2.05) is 6.07 Å². The number of piperazine rings is 1. The number of nitro groups is 1. The maximum Gasteiger partial charge on any atom is 0.271 e. The highest BCUT2D eigenvalue weighted by atomic mass is 79.9. The van der Waals surface area contributed by atoms with Crippen LogP contribution < -0.4 is 15.6 Å². The van der Waals surface area contributed by atoms with Gasteiger partial charge in [0.15, 0.2) is 0 Å². The van der Waals surface area contributed by atoms with Gasteiger partial charge in [0, 0.05) is 59.6 Å². The summed E-state index contributed by atoms with van der Waals surface area (Å²) in [6.45, 7) is 3.27. The predicted molar refractivity (Wildman–Crippen MR) is 107 cm³/mol. The Morgan fingerprint density at radius 1 is 1.26 bits per heavy atom.